The second kappa shape index (κ2) is 5.22. The van der Waals surface area contributed by atoms with Crippen LogP contribution in [-0.4, -0.2) is 10.9 Å². The molecular weight excluding hydrogens is 222 g/mol. The molecule has 0 radical (unpaired) electrons. The first-order chi connectivity index (χ1) is 7.74. The van der Waals surface area contributed by atoms with Gasteiger partial charge in [-0.15, -0.1) is 11.6 Å². The molecular formula is C13H20ClNO. The van der Waals surface area contributed by atoms with E-state index in [1.165, 1.54) is 32.1 Å². The first-order valence-electron chi connectivity index (χ1n) is 6.26. The van der Waals surface area contributed by atoms with E-state index in [0.29, 0.717) is 5.88 Å². The molecule has 0 bridgehead atoms. The Bertz CT molecular complexity index is 328. The Kier molecular flexibility index (Phi) is 3.91. The summed E-state index contributed by atoms with van der Waals surface area (Å²) in [5.41, 5.74) is 0.227. The van der Waals surface area contributed by atoms with E-state index < -0.39 is 0 Å². The summed E-state index contributed by atoms with van der Waals surface area (Å²) < 4.78 is 5.86. The summed E-state index contributed by atoms with van der Waals surface area (Å²) in [4.78, 5) is 4.35. The number of oxazole rings is 1. The van der Waals surface area contributed by atoms with Crippen LogP contribution in [0.25, 0.3) is 0 Å². The van der Waals surface area contributed by atoms with Crippen LogP contribution in [0, 0.1) is 0 Å². The van der Waals surface area contributed by atoms with Crippen molar-refractivity contribution in [2.75, 3.05) is 5.88 Å². The third kappa shape index (κ3) is 2.60. The van der Waals surface area contributed by atoms with Gasteiger partial charge in [-0.05, 0) is 19.3 Å². The molecule has 0 amide bonds. The van der Waals surface area contributed by atoms with E-state index >= 15 is 0 Å². The van der Waals surface area contributed by atoms with Crippen molar-refractivity contribution < 1.29 is 4.42 Å². The summed E-state index contributed by atoms with van der Waals surface area (Å²) in [7, 11) is 0. The fourth-order valence-electron chi connectivity index (χ4n) is 2.50. The lowest BCUT2D eigenvalue weighted by Gasteiger charge is -2.30. The Morgan fingerprint density at radius 1 is 1.38 bits per heavy atom. The number of rotatable bonds is 4. The fourth-order valence-corrected chi connectivity index (χ4v) is 2.64. The quantitative estimate of drug-likeness (QED) is 0.743. The van der Waals surface area contributed by atoms with Gasteiger partial charge in [0, 0.05) is 17.7 Å². The first-order valence-corrected chi connectivity index (χ1v) is 6.79. The van der Waals surface area contributed by atoms with E-state index in [0.717, 1.165) is 24.5 Å². The van der Waals surface area contributed by atoms with Crippen molar-refractivity contribution in [3.8, 4) is 0 Å². The SMILES string of the molecule is CC1(c2cnc(CCCCl)o2)CCCCC1. The van der Waals surface area contributed by atoms with Gasteiger partial charge in [0.15, 0.2) is 5.89 Å². The van der Waals surface area contributed by atoms with Crippen molar-refractivity contribution in [3.05, 3.63) is 17.8 Å². The zero-order valence-electron chi connectivity index (χ0n) is 9.97. The molecule has 16 heavy (non-hydrogen) atoms. The number of nitrogens with zero attached hydrogens (tertiary/aromatic N) is 1. The molecule has 1 aliphatic carbocycles. The zero-order chi connectivity index (χ0) is 11.4. The van der Waals surface area contributed by atoms with E-state index in [9.17, 15) is 0 Å². The predicted molar refractivity (Wildman–Crippen MR) is 66.0 cm³/mol. The van der Waals surface area contributed by atoms with E-state index in [-0.39, 0.29) is 5.41 Å². The van der Waals surface area contributed by atoms with Crippen LogP contribution >= 0.6 is 11.6 Å². The fraction of sp³-hybridized carbons (Fsp3) is 0.769. The molecule has 0 aromatic carbocycles. The molecule has 1 saturated carbocycles. The third-order valence-electron chi connectivity index (χ3n) is 3.63. The number of aryl methyl sites for hydroxylation is 1. The summed E-state index contributed by atoms with van der Waals surface area (Å²) in [6.45, 7) is 2.30. The lowest BCUT2D eigenvalue weighted by Crippen LogP contribution is -2.24. The average molecular weight is 242 g/mol. The minimum Gasteiger partial charge on any atom is -0.445 e. The predicted octanol–water partition coefficient (Wildman–Crippen LogP) is 4.07. The Labute approximate surface area is 102 Å². The van der Waals surface area contributed by atoms with Crippen LogP contribution in [0.3, 0.4) is 0 Å². The van der Waals surface area contributed by atoms with Crippen molar-refractivity contribution >= 4 is 11.6 Å². The molecule has 0 aliphatic heterocycles. The minimum atomic E-state index is 0.227. The molecule has 0 unspecified atom stereocenters. The number of alkyl halides is 1. The smallest absolute Gasteiger partial charge is 0.194 e. The standard InChI is InChI=1S/C13H20ClNO/c1-13(7-3-2-4-8-13)11-10-15-12(16-11)6-5-9-14/h10H,2-9H2,1H3. The van der Waals surface area contributed by atoms with Crippen LogP contribution in [0.4, 0.5) is 0 Å². The van der Waals surface area contributed by atoms with Gasteiger partial charge < -0.3 is 4.42 Å². The summed E-state index contributed by atoms with van der Waals surface area (Å²) in [5, 5.41) is 0. The van der Waals surface area contributed by atoms with Gasteiger partial charge in [-0.2, -0.15) is 0 Å². The molecule has 0 atom stereocenters. The maximum atomic E-state index is 5.86. The molecule has 0 N–H and O–H groups in total. The summed E-state index contributed by atoms with van der Waals surface area (Å²) in [6.07, 6.45) is 10.2. The highest BCUT2D eigenvalue weighted by atomic mass is 35.5. The minimum absolute atomic E-state index is 0.227. The monoisotopic (exact) mass is 241 g/mol. The van der Waals surface area contributed by atoms with Gasteiger partial charge in [-0.25, -0.2) is 4.98 Å². The van der Waals surface area contributed by atoms with Crippen molar-refractivity contribution in [1.82, 2.24) is 4.98 Å². The Morgan fingerprint density at radius 2 is 2.12 bits per heavy atom. The Balaban J connectivity index is 2.05. The summed E-state index contributed by atoms with van der Waals surface area (Å²) >= 11 is 5.66. The van der Waals surface area contributed by atoms with Crippen LogP contribution in [-0.2, 0) is 11.8 Å². The van der Waals surface area contributed by atoms with Crippen molar-refractivity contribution in [3.63, 3.8) is 0 Å². The van der Waals surface area contributed by atoms with Crippen LogP contribution in [0.1, 0.15) is 57.1 Å². The van der Waals surface area contributed by atoms with Gasteiger partial charge in [-0.3, -0.25) is 0 Å². The Hall–Kier alpha value is -0.500. The van der Waals surface area contributed by atoms with Crippen molar-refractivity contribution in [2.45, 2.75) is 57.3 Å². The number of hydrogen-bond donors (Lipinski definition) is 0. The molecule has 2 nitrogen and oxygen atoms in total. The molecule has 1 aromatic rings. The first kappa shape index (κ1) is 12.0. The molecule has 3 heteroatoms. The van der Waals surface area contributed by atoms with Gasteiger partial charge in [0.25, 0.3) is 0 Å². The molecule has 0 saturated heterocycles. The molecule has 0 spiro atoms. The summed E-state index contributed by atoms with van der Waals surface area (Å²) in [5.74, 6) is 2.61. The molecule has 2 rings (SSSR count). The normalized spacial score (nSPS) is 19.9. The topological polar surface area (TPSA) is 26.0 Å². The molecule has 1 aromatic heterocycles. The van der Waals surface area contributed by atoms with Gasteiger partial charge in [-0.1, -0.05) is 26.2 Å². The molecule has 90 valence electrons. The van der Waals surface area contributed by atoms with E-state index in [1.807, 2.05) is 6.20 Å². The van der Waals surface area contributed by atoms with Gasteiger partial charge in [0.05, 0.1) is 6.20 Å². The highest BCUT2D eigenvalue weighted by Crippen LogP contribution is 2.39. The highest BCUT2D eigenvalue weighted by Gasteiger charge is 2.32. The van der Waals surface area contributed by atoms with Crippen LogP contribution in [0.2, 0.25) is 0 Å². The maximum Gasteiger partial charge on any atom is 0.194 e. The second-order valence-corrected chi connectivity index (χ2v) is 5.41. The lowest BCUT2D eigenvalue weighted by atomic mass is 9.74. The number of hydrogen-bond acceptors (Lipinski definition) is 2. The maximum absolute atomic E-state index is 5.86. The van der Waals surface area contributed by atoms with Gasteiger partial charge in [0.2, 0.25) is 0 Å². The molecule has 1 heterocycles. The third-order valence-corrected chi connectivity index (χ3v) is 3.90. The molecule has 1 fully saturated rings. The number of halogens is 1. The van der Waals surface area contributed by atoms with Crippen molar-refractivity contribution in [1.29, 1.82) is 0 Å². The van der Waals surface area contributed by atoms with Crippen LogP contribution in [0.15, 0.2) is 10.6 Å². The molecule has 1 aliphatic rings. The van der Waals surface area contributed by atoms with Gasteiger partial charge in [0.1, 0.15) is 5.76 Å². The van der Waals surface area contributed by atoms with Crippen molar-refractivity contribution in [2.24, 2.45) is 0 Å². The summed E-state index contributed by atoms with van der Waals surface area (Å²) in [6, 6.07) is 0. The number of aromatic nitrogens is 1. The van der Waals surface area contributed by atoms with E-state index in [1.54, 1.807) is 0 Å². The van der Waals surface area contributed by atoms with E-state index in [2.05, 4.69) is 11.9 Å². The second-order valence-electron chi connectivity index (χ2n) is 5.03. The average Bonchev–Trinajstić information content (AvgIpc) is 2.77. The highest BCUT2D eigenvalue weighted by molar-refractivity contribution is 6.17. The van der Waals surface area contributed by atoms with Crippen LogP contribution < -0.4 is 0 Å². The van der Waals surface area contributed by atoms with E-state index in [4.69, 9.17) is 16.0 Å². The zero-order valence-corrected chi connectivity index (χ0v) is 10.7. The Morgan fingerprint density at radius 3 is 2.81 bits per heavy atom. The van der Waals surface area contributed by atoms with Crippen LogP contribution in [0.5, 0.6) is 0 Å². The largest absolute Gasteiger partial charge is 0.445 e. The lowest BCUT2D eigenvalue weighted by molar-refractivity contribution is 0.261. The van der Waals surface area contributed by atoms with Gasteiger partial charge >= 0.3 is 0 Å².